The molecule has 0 aliphatic heterocycles. The SMILES string of the molecule is CCNC(=O)c1ccc(NC(C)c2cc(C)sc2C)cc1. The van der Waals surface area contributed by atoms with Gasteiger partial charge in [0.2, 0.25) is 0 Å². The number of hydrogen-bond acceptors (Lipinski definition) is 3. The highest BCUT2D eigenvalue weighted by Crippen LogP contribution is 2.28. The van der Waals surface area contributed by atoms with Crippen molar-refractivity contribution >= 4 is 22.9 Å². The summed E-state index contributed by atoms with van der Waals surface area (Å²) >= 11 is 1.83. The van der Waals surface area contributed by atoms with Gasteiger partial charge in [0.25, 0.3) is 5.91 Å². The van der Waals surface area contributed by atoms with Gasteiger partial charge < -0.3 is 10.6 Å². The number of aryl methyl sites for hydroxylation is 2. The van der Waals surface area contributed by atoms with Crippen molar-refractivity contribution in [3.8, 4) is 0 Å². The van der Waals surface area contributed by atoms with E-state index in [1.165, 1.54) is 15.3 Å². The average Bonchev–Trinajstić information content (AvgIpc) is 2.79. The van der Waals surface area contributed by atoms with E-state index in [4.69, 9.17) is 0 Å². The Bertz CT molecular complexity index is 616. The first-order chi connectivity index (χ1) is 10.0. The molecule has 0 aliphatic rings. The Morgan fingerprint density at radius 1 is 1.24 bits per heavy atom. The molecule has 21 heavy (non-hydrogen) atoms. The van der Waals surface area contributed by atoms with E-state index < -0.39 is 0 Å². The molecule has 2 aromatic rings. The lowest BCUT2D eigenvalue weighted by Gasteiger charge is -2.15. The van der Waals surface area contributed by atoms with Gasteiger partial charge in [-0.3, -0.25) is 4.79 Å². The molecular weight excluding hydrogens is 280 g/mol. The topological polar surface area (TPSA) is 41.1 Å². The highest BCUT2D eigenvalue weighted by Gasteiger charge is 2.11. The van der Waals surface area contributed by atoms with E-state index in [-0.39, 0.29) is 11.9 Å². The summed E-state index contributed by atoms with van der Waals surface area (Å²) in [6, 6.07) is 10.1. The molecule has 1 aromatic carbocycles. The van der Waals surface area contributed by atoms with Crippen LogP contribution in [0.5, 0.6) is 0 Å². The van der Waals surface area contributed by atoms with Gasteiger partial charge in [0.05, 0.1) is 0 Å². The molecule has 1 atom stereocenters. The van der Waals surface area contributed by atoms with E-state index >= 15 is 0 Å². The molecule has 1 heterocycles. The fraction of sp³-hybridized carbons (Fsp3) is 0.353. The summed E-state index contributed by atoms with van der Waals surface area (Å²) in [4.78, 5) is 14.4. The second kappa shape index (κ2) is 6.76. The number of rotatable bonds is 5. The summed E-state index contributed by atoms with van der Waals surface area (Å²) in [5.41, 5.74) is 3.06. The van der Waals surface area contributed by atoms with Crippen molar-refractivity contribution in [2.45, 2.75) is 33.7 Å². The van der Waals surface area contributed by atoms with Gasteiger partial charge in [-0.2, -0.15) is 0 Å². The number of thiophene rings is 1. The molecule has 0 radical (unpaired) electrons. The predicted molar refractivity (Wildman–Crippen MR) is 90.3 cm³/mol. The first-order valence-electron chi connectivity index (χ1n) is 7.23. The van der Waals surface area contributed by atoms with Crippen molar-refractivity contribution in [3.05, 3.63) is 51.2 Å². The number of carbonyl (C=O) groups excluding carboxylic acids is 1. The van der Waals surface area contributed by atoms with Gasteiger partial charge in [-0.15, -0.1) is 11.3 Å². The standard InChI is InChI=1S/C17H22N2OS/c1-5-18-17(20)14-6-8-15(9-7-14)19-12(3)16-10-11(2)21-13(16)4/h6-10,12,19H,5H2,1-4H3,(H,18,20). The van der Waals surface area contributed by atoms with Crippen molar-refractivity contribution in [2.24, 2.45) is 0 Å². The fourth-order valence-electron chi connectivity index (χ4n) is 2.39. The Balaban J connectivity index is 2.06. The number of hydrogen-bond donors (Lipinski definition) is 2. The van der Waals surface area contributed by atoms with Crippen LogP contribution in [0.15, 0.2) is 30.3 Å². The van der Waals surface area contributed by atoms with E-state index in [1.54, 1.807) is 0 Å². The molecule has 3 nitrogen and oxygen atoms in total. The lowest BCUT2D eigenvalue weighted by molar-refractivity contribution is 0.0956. The van der Waals surface area contributed by atoms with Crippen LogP contribution in [-0.2, 0) is 0 Å². The molecule has 1 aromatic heterocycles. The first kappa shape index (κ1) is 15.6. The van der Waals surface area contributed by atoms with Crippen LogP contribution in [0.3, 0.4) is 0 Å². The van der Waals surface area contributed by atoms with Crippen molar-refractivity contribution in [3.63, 3.8) is 0 Å². The van der Waals surface area contributed by atoms with Crippen LogP contribution >= 0.6 is 11.3 Å². The molecule has 0 fully saturated rings. The maximum atomic E-state index is 11.7. The minimum atomic E-state index is -0.0265. The minimum absolute atomic E-state index is 0.0265. The van der Waals surface area contributed by atoms with Crippen LogP contribution in [0, 0.1) is 13.8 Å². The second-order valence-electron chi connectivity index (χ2n) is 5.17. The van der Waals surface area contributed by atoms with Crippen molar-refractivity contribution in [2.75, 3.05) is 11.9 Å². The number of benzene rings is 1. The van der Waals surface area contributed by atoms with Crippen LogP contribution in [0.2, 0.25) is 0 Å². The number of nitrogens with one attached hydrogen (secondary N) is 2. The quantitative estimate of drug-likeness (QED) is 0.865. The van der Waals surface area contributed by atoms with Gasteiger partial charge in [-0.1, -0.05) is 0 Å². The summed E-state index contributed by atoms with van der Waals surface area (Å²) in [5, 5.41) is 6.29. The molecule has 0 spiro atoms. The Morgan fingerprint density at radius 3 is 2.43 bits per heavy atom. The number of carbonyl (C=O) groups is 1. The van der Waals surface area contributed by atoms with Gasteiger partial charge in [0.1, 0.15) is 0 Å². The summed E-state index contributed by atoms with van der Waals surface area (Å²) in [6.45, 7) is 9.01. The predicted octanol–water partition coefficient (Wildman–Crippen LogP) is 4.29. The van der Waals surface area contributed by atoms with Crippen LogP contribution in [-0.4, -0.2) is 12.5 Å². The van der Waals surface area contributed by atoms with Gasteiger partial charge in [-0.25, -0.2) is 0 Å². The Kier molecular flexibility index (Phi) is 5.02. The van der Waals surface area contributed by atoms with Crippen LogP contribution < -0.4 is 10.6 Å². The van der Waals surface area contributed by atoms with E-state index in [2.05, 4.69) is 37.5 Å². The smallest absolute Gasteiger partial charge is 0.251 e. The van der Waals surface area contributed by atoms with E-state index in [0.29, 0.717) is 12.1 Å². The van der Waals surface area contributed by atoms with Gasteiger partial charge in [-0.05, 0) is 63.6 Å². The van der Waals surface area contributed by atoms with Crippen LogP contribution in [0.1, 0.15) is 45.6 Å². The summed E-state index contributed by atoms with van der Waals surface area (Å²) in [5.74, 6) is -0.0265. The average molecular weight is 302 g/mol. The maximum Gasteiger partial charge on any atom is 0.251 e. The zero-order valence-corrected chi connectivity index (χ0v) is 13.8. The van der Waals surface area contributed by atoms with Crippen molar-refractivity contribution in [1.82, 2.24) is 5.32 Å². The molecule has 0 saturated heterocycles. The lowest BCUT2D eigenvalue weighted by Crippen LogP contribution is -2.22. The molecular formula is C17H22N2OS. The number of amides is 1. The monoisotopic (exact) mass is 302 g/mol. The largest absolute Gasteiger partial charge is 0.378 e. The van der Waals surface area contributed by atoms with Crippen molar-refractivity contribution < 1.29 is 4.79 Å². The van der Waals surface area contributed by atoms with Gasteiger partial charge in [0, 0.05) is 33.6 Å². The lowest BCUT2D eigenvalue weighted by atomic mass is 10.1. The highest BCUT2D eigenvalue weighted by atomic mass is 32.1. The van der Waals surface area contributed by atoms with E-state index in [0.717, 1.165) is 5.69 Å². The number of anilines is 1. The first-order valence-corrected chi connectivity index (χ1v) is 8.04. The molecule has 1 amide bonds. The molecule has 4 heteroatoms. The summed E-state index contributed by atoms with van der Waals surface area (Å²) in [7, 11) is 0. The zero-order valence-electron chi connectivity index (χ0n) is 13.0. The highest BCUT2D eigenvalue weighted by molar-refractivity contribution is 7.12. The normalized spacial score (nSPS) is 12.0. The third kappa shape index (κ3) is 3.85. The van der Waals surface area contributed by atoms with Gasteiger partial charge >= 0.3 is 0 Å². The summed E-state index contributed by atoms with van der Waals surface area (Å²) in [6.07, 6.45) is 0. The fourth-order valence-corrected chi connectivity index (χ4v) is 3.41. The van der Waals surface area contributed by atoms with Crippen LogP contribution in [0.4, 0.5) is 5.69 Å². The van der Waals surface area contributed by atoms with Crippen LogP contribution in [0.25, 0.3) is 0 Å². The summed E-state index contributed by atoms with van der Waals surface area (Å²) < 4.78 is 0. The molecule has 2 rings (SSSR count). The van der Waals surface area contributed by atoms with Crippen molar-refractivity contribution in [1.29, 1.82) is 0 Å². The maximum absolute atomic E-state index is 11.7. The Hall–Kier alpha value is -1.81. The second-order valence-corrected chi connectivity index (χ2v) is 6.63. The molecule has 2 N–H and O–H groups in total. The Labute approximate surface area is 130 Å². The molecule has 0 saturated carbocycles. The third-order valence-electron chi connectivity index (χ3n) is 3.41. The molecule has 1 unspecified atom stereocenters. The Morgan fingerprint density at radius 2 is 1.90 bits per heavy atom. The zero-order chi connectivity index (χ0) is 15.4. The minimum Gasteiger partial charge on any atom is -0.378 e. The van der Waals surface area contributed by atoms with E-state index in [9.17, 15) is 4.79 Å². The van der Waals surface area contributed by atoms with Gasteiger partial charge in [0.15, 0.2) is 0 Å². The third-order valence-corrected chi connectivity index (χ3v) is 4.40. The molecule has 0 bridgehead atoms. The molecule has 112 valence electrons. The van der Waals surface area contributed by atoms with E-state index in [1.807, 2.05) is 42.5 Å². The molecule has 0 aliphatic carbocycles.